The molecule has 0 aliphatic heterocycles. The predicted octanol–water partition coefficient (Wildman–Crippen LogP) is 6.61. The molecule has 1 heterocycles. The van der Waals surface area contributed by atoms with Gasteiger partial charge in [0.05, 0.1) is 18.2 Å². The van der Waals surface area contributed by atoms with E-state index in [4.69, 9.17) is 4.74 Å². The minimum atomic E-state index is -0.110. The van der Waals surface area contributed by atoms with Crippen LogP contribution in [0.15, 0.2) is 34.9 Å². The van der Waals surface area contributed by atoms with Crippen LogP contribution in [0.5, 0.6) is 0 Å². The van der Waals surface area contributed by atoms with Gasteiger partial charge in [0, 0.05) is 23.1 Å². The summed E-state index contributed by atoms with van der Waals surface area (Å²) in [5, 5.41) is 3.17. The first-order valence-electron chi connectivity index (χ1n) is 12.0. The van der Waals surface area contributed by atoms with Crippen molar-refractivity contribution in [1.29, 1.82) is 0 Å². The number of hydrogen-bond acceptors (Lipinski definition) is 4. The zero-order valence-electron chi connectivity index (χ0n) is 20.9. The molecule has 0 saturated heterocycles. The van der Waals surface area contributed by atoms with Crippen molar-refractivity contribution in [1.82, 2.24) is 10.3 Å². The Kier molecular flexibility index (Phi) is 13.4. The van der Waals surface area contributed by atoms with Crippen LogP contribution in [-0.4, -0.2) is 30.6 Å². The zero-order chi connectivity index (χ0) is 24.1. The highest BCUT2D eigenvalue weighted by Crippen LogP contribution is 2.33. The van der Waals surface area contributed by atoms with E-state index in [2.05, 4.69) is 71.3 Å². The molecule has 1 aliphatic carbocycles. The van der Waals surface area contributed by atoms with E-state index in [-0.39, 0.29) is 11.9 Å². The zero-order valence-corrected chi connectivity index (χ0v) is 22.5. The van der Waals surface area contributed by atoms with Crippen LogP contribution >= 0.6 is 15.9 Å². The number of aromatic nitrogens is 1. The van der Waals surface area contributed by atoms with Crippen molar-refractivity contribution in [2.45, 2.75) is 73.6 Å². The summed E-state index contributed by atoms with van der Waals surface area (Å²) in [6.07, 6.45) is 5.21. The van der Waals surface area contributed by atoms with Gasteiger partial charge in [0.2, 0.25) is 0 Å². The van der Waals surface area contributed by atoms with Gasteiger partial charge in [-0.3, -0.25) is 9.78 Å². The summed E-state index contributed by atoms with van der Waals surface area (Å²) in [7, 11) is 0. The van der Waals surface area contributed by atoms with E-state index in [1.165, 1.54) is 27.9 Å². The van der Waals surface area contributed by atoms with E-state index in [0.717, 1.165) is 30.3 Å². The van der Waals surface area contributed by atoms with Crippen molar-refractivity contribution in [2.24, 2.45) is 5.92 Å². The van der Waals surface area contributed by atoms with Gasteiger partial charge in [-0.2, -0.15) is 0 Å². The summed E-state index contributed by atoms with van der Waals surface area (Å²) >= 11 is 3.52. The minimum absolute atomic E-state index is 0.0310. The van der Waals surface area contributed by atoms with Gasteiger partial charge in [0.25, 0.3) is 0 Å². The number of esters is 1. The standard InChI is InChI=1S/C16H16BrN.C9H19NO2.C2H6/c1-10-3-6-15-11(2)16-13(5-4-12(15)7-10)8-14(17)9-18-16;1-4-6-10-7-8(3)9(11)12-5-2;1-2/h3,6-9,11H,4-5H2,1-2H3;8,10H,4-7H2,1-3H3;1-2H3. The molecule has 0 spiro atoms. The molecule has 0 radical (unpaired) electrons. The van der Waals surface area contributed by atoms with Gasteiger partial charge in [-0.05, 0) is 78.3 Å². The Morgan fingerprint density at radius 1 is 1.22 bits per heavy atom. The molecule has 32 heavy (non-hydrogen) atoms. The Balaban J connectivity index is 0.000000322. The summed E-state index contributed by atoms with van der Waals surface area (Å²) in [6, 6.07) is 9.03. The molecule has 1 aliphatic rings. The number of carbonyl (C=O) groups is 1. The molecular formula is C27H41BrN2O2. The molecule has 178 valence electrons. The molecule has 2 unspecified atom stereocenters. The van der Waals surface area contributed by atoms with Crippen molar-refractivity contribution in [3.05, 3.63) is 62.9 Å². The number of rotatable bonds is 6. The number of nitrogens with one attached hydrogen (secondary N) is 1. The van der Waals surface area contributed by atoms with Crippen LogP contribution in [0.25, 0.3) is 0 Å². The molecule has 2 aromatic rings. The quantitative estimate of drug-likeness (QED) is 0.354. The van der Waals surface area contributed by atoms with Gasteiger partial charge in [0.1, 0.15) is 0 Å². The lowest BCUT2D eigenvalue weighted by Crippen LogP contribution is -2.28. The molecule has 1 aromatic heterocycles. The smallest absolute Gasteiger partial charge is 0.309 e. The molecule has 1 N–H and O–H groups in total. The van der Waals surface area contributed by atoms with Gasteiger partial charge < -0.3 is 10.1 Å². The minimum Gasteiger partial charge on any atom is -0.466 e. The second-order valence-electron chi connectivity index (χ2n) is 7.98. The lowest BCUT2D eigenvalue weighted by atomic mass is 9.92. The summed E-state index contributed by atoms with van der Waals surface area (Å²) in [5.74, 6) is 0.254. The van der Waals surface area contributed by atoms with Crippen LogP contribution in [0.2, 0.25) is 0 Å². The van der Waals surface area contributed by atoms with Crippen LogP contribution in [-0.2, 0) is 22.4 Å². The maximum Gasteiger partial charge on any atom is 0.309 e. The summed E-state index contributed by atoms with van der Waals surface area (Å²) in [4.78, 5) is 15.7. The number of carbonyl (C=O) groups excluding carboxylic acids is 1. The second kappa shape index (κ2) is 15.2. The van der Waals surface area contributed by atoms with Crippen molar-refractivity contribution in [3.63, 3.8) is 0 Å². The third kappa shape index (κ3) is 8.67. The molecule has 1 aromatic carbocycles. The van der Waals surface area contributed by atoms with E-state index in [1.807, 2.05) is 33.9 Å². The number of hydrogen-bond donors (Lipinski definition) is 1. The average molecular weight is 506 g/mol. The van der Waals surface area contributed by atoms with Gasteiger partial charge >= 0.3 is 5.97 Å². The van der Waals surface area contributed by atoms with Crippen LogP contribution in [0.3, 0.4) is 0 Å². The Hall–Kier alpha value is -1.72. The van der Waals surface area contributed by atoms with Gasteiger partial charge in [-0.1, -0.05) is 58.4 Å². The Bertz CT molecular complexity index is 785. The van der Waals surface area contributed by atoms with Gasteiger partial charge in [0.15, 0.2) is 0 Å². The topological polar surface area (TPSA) is 51.2 Å². The highest BCUT2D eigenvalue weighted by atomic mass is 79.9. The molecule has 5 heteroatoms. The van der Waals surface area contributed by atoms with Crippen LogP contribution < -0.4 is 5.32 Å². The fourth-order valence-electron chi connectivity index (χ4n) is 3.74. The molecule has 0 bridgehead atoms. The molecule has 3 rings (SSSR count). The van der Waals surface area contributed by atoms with Gasteiger partial charge in [-0.25, -0.2) is 0 Å². The number of halogens is 1. The fraction of sp³-hybridized carbons (Fsp3) is 0.556. The SMILES string of the molecule is CC.CCCNCC(C)C(=O)OCC.Cc1ccc2c(c1)CCc1cc(Br)cnc1C2C. The monoisotopic (exact) mass is 504 g/mol. The molecule has 0 fully saturated rings. The van der Waals surface area contributed by atoms with Crippen molar-refractivity contribution < 1.29 is 9.53 Å². The van der Waals surface area contributed by atoms with Crippen molar-refractivity contribution in [3.8, 4) is 0 Å². The predicted molar refractivity (Wildman–Crippen MR) is 138 cm³/mol. The lowest BCUT2D eigenvalue weighted by Gasteiger charge is -2.14. The van der Waals surface area contributed by atoms with Crippen LogP contribution in [0.4, 0.5) is 0 Å². The van der Waals surface area contributed by atoms with Crippen molar-refractivity contribution in [2.75, 3.05) is 19.7 Å². The second-order valence-corrected chi connectivity index (χ2v) is 8.89. The third-order valence-corrected chi connectivity index (χ3v) is 5.81. The molecule has 0 saturated carbocycles. The Morgan fingerprint density at radius 3 is 2.56 bits per heavy atom. The molecule has 2 atom stereocenters. The average Bonchev–Trinajstić information content (AvgIpc) is 2.92. The van der Waals surface area contributed by atoms with E-state index in [1.54, 1.807) is 0 Å². The third-order valence-electron chi connectivity index (χ3n) is 5.37. The van der Waals surface area contributed by atoms with Gasteiger partial charge in [-0.15, -0.1) is 0 Å². The molecule has 4 nitrogen and oxygen atoms in total. The van der Waals surface area contributed by atoms with E-state index >= 15 is 0 Å². The Morgan fingerprint density at radius 2 is 1.91 bits per heavy atom. The number of fused-ring (bicyclic) bond motifs is 2. The first-order chi connectivity index (χ1) is 15.4. The van der Waals surface area contributed by atoms with E-state index in [9.17, 15) is 4.79 Å². The number of ether oxygens (including phenoxy) is 1. The van der Waals surface area contributed by atoms with E-state index in [0.29, 0.717) is 19.1 Å². The fourth-order valence-corrected chi connectivity index (χ4v) is 4.11. The maximum absolute atomic E-state index is 11.1. The lowest BCUT2D eigenvalue weighted by molar-refractivity contribution is -0.147. The first-order valence-corrected chi connectivity index (χ1v) is 12.8. The number of benzene rings is 1. The van der Waals surface area contributed by atoms with Crippen molar-refractivity contribution >= 4 is 21.9 Å². The summed E-state index contributed by atoms with van der Waals surface area (Å²) in [5.41, 5.74) is 6.89. The molecular weight excluding hydrogens is 464 g/mol. The largest absolute Gasteiger partial charge is 0.466 e. The van der Waals surface area contributed by atoms with Crippen LogP contribution in [0, 0.1) is 12.8 Å². The number of aryl methyl sites for hydroxylation is 3. The number of nitrogens with zero attached hydrogens (tertiary/aromatic N) is 1. The summed E-state index contributed by atoms with van der Waals surface area (Å²) < 4.78 is 5.93. The number of pyridine rings is 1. The maximum atomic E-state index is 11.1. The van der Waals surface area contributed by atoms with Crippen LogP contribution in [0.1, 0.15) is 81.8 Å². The highest BCUT2D eigenvalue weighted by Gasteiger charge is 2.21. The highest BCUT2D eigenvalue weighted by molar-refractivity contribution is 9.10. The summed E-state index contributed by atoms with van der Waals surface area (Å²) in [6.45, 7) is 16.4. The van der Waals surface area contributed by atoms with E-state index < -0.39 is 0 Å². The Labute approximate surface area is 203 Å². The normalized spacial score (nSPS) is 14.9. The first kappa shape index (κ1) is 28.3. The molecule has 0 amide bonds.